The Labute approximate surface area is 134 Å². The van der Waals surface area contributed by atoms with Crippen molar-refractivity contribution in [3.05, 3.63) is 66.4 Å². The van der Waals surface area contributed by atoms with Crippen molar-refractivity contribution in [3.63, 3.8) is 0 Å². The van der Waals surface area contributed by atoms with Crippen LogP contribution in [0.2, 0.25) is 0 Å². The number of nitrogens with zero attached hydrogens (tertiary/aromatic N) is 2. The van der Waals surface area contributed by atoms with Crippen molar-refractivity contribution in [2.75, 3.05) is 12.8 Å². The smallest absolute Gasteiger partial charge is 0.124 e. The molecule has 23 heavy (non-hydrogen) atoms. The van der Waals surface area contributed by atoms with Crippen LogP contribution in [0.25, 0.3) is 21.8 Å². The Kier molecular flexibility index (Phi) is 3.15. The van der Waals surface area contributed by atoms with Gasteiger partial charge in [0.1, 0.15) is 11.6 Å². The highest BCUT2D eigenvalue weighted by Gasteiger charge is 2.11. The summed E-state index contributed by atoms with van der Waals surface area (Å²) in [6, 6.07) is 18.5. The number of nitrogens with two attached hydrogens (primary N) is 1. The van der Waals surface area contributed by atoms with Gasteiger partial charge in [0.25, 0.3) is 0 Å². The molecule has 2 heterocycles. The van der Waals surface area contributed by atoms with E-state index in [4.69, 9.17) is 10.5 Å². The monoisotopic (exact) mass is 303 g/mol. The number of methoxy groups -OCH3 is 1. The van der Waals surface area contributed by atoms with Crippen molar-refractivity contribution in [2.24, 2.45) is 0 Å². The van der Waals surface area contributed by atoms with Crippen LogP contribution in [-0.2, 0) is 6.54 Å². The quantitative estimate of drug-likeness (QED) is 0.626. The SMILES string of the molecule is COc1ccc(Cn2c3ccccc3c3cc(N)ncc32)cc1. The highest BCUT2D eigenvalue weighted by atomic mass is 16.5. The maximum atomic E-state index is 5.87. The third-order valence-corrected chi connectivity index (χ3v) is 4.18. The lowest BCUT2D eigenvalue weighted by molar-refractivity contribution is 0.414. The second kappa shape index (κ2) is 5.32. The summed E-state index contributed by atoms with van der Waals surface area (Å²) in [5, 5.41) is 2.34. The number of benzene rings is 2. The molecular formula is C19H17N3O. The number of hydrogen-bond acceptors (Lipinski definition) is 3. The van der Waals surface area contributed by atoms with E-state index in [9.17, 15) is 0 Å². The minimum absolute atomic E-state index is 0.546. The maximum Gasteiger partial charge on any atom is 0.124 e. The summed E-state index contributed by atoms with van der Waals surface area (Å²) in [6.07, 6.45) is 1.86. The summed E-state index contributed by atoms with van der Waals surface area (Å²) in [7, 11) is 1.68. The molecule has 0 atom stereocenters. The Morgan fingerprint density at radius 1 is 1.00 bits per heavy atom. The highest BCUT2D eigenvalue weighted by Crippen LogP contribution is 2.30. The minimum atomic E-state index is 0.546. The minimum Gasteiger partial charge on any atom is -0.497 e. The molecule has 2 aromatic carbocycles. The molecule has 0 fully saturated rings. The van der Waals surface area contributed by atoms with Gasteiger partial charge in [-0.05, 0) is 29.8 Å². The number of hydrogen-bond donors (Lipinski definition) is 1. The van der Waals surface area contributed by atoms with Crippen LogP contribution in [0.1, 0.15) is 5.56 Å². The Morgan fingerprint density at radius 2 is 1.78 bits per heavy atom. The second-order valence-electron chi connectivity index (χ2n) is 5.58. The van der Waals surface area contributed by atoms with E-state index in [1.807, 2.05) is 24.4 Å². The van der Waals surface area contributed by atoms with Gasteiger partial charge < -0.3 is 15.0 Å². The summed E-state index contributed by atoms with van der Waals surface area (Å²) >= 11 is 0. The molecule has 0 amide bonds. The van der Waals surface area contributed by atoms with E-state index in [1.54, 1.807) is 7.11 Å². The van der Waals surface area contributed by atoms with Crippen LogP contribution in [0, 0.1) is 0 Å². The van der Waals surface area contributed by atoms with E-state index in [0.717, 1.165) is 23.2 Å². The molecule has 0 aliphatic rings. The number of nitrogen functional groups attached to an aromatic ring is 1. The predicted octanol–water partition coefficient (Wildman–Crippen LogP) is 3.83. The van der Waals surface area contributed by atoms with Gasteiger partial charge in [0.15, 0.2) is 0 Å². The first-order chi connectivity index (χ1) is 11.3. The van der Waals surface area contributed by atoms with Gasteiger partial charge in [0.05, 0.1) is 18.8 Å². The van der Waals surface area contributed by atoms with Crippen molar-refractivity contribution in [3.8, 4) is 5.75 Å². The Morgan fingerprint density at radius 3 is 2.57 bits per heavy atom. The summed E-state index contributed by atoms with van der Waals surface area (Å²) in [4.78, 5) is 4.27. The van der Waals surface area contributed by atoms with E-state index < -0.39 is 0 Å². The lowest BCUT2D eigenvalue weighted by atomic mass is 10.2. The standard InChI is InChI=1S/C19H17N3O/c1-23-14-8-6-13(7-9-14)12-22-17-5-3-2-4-15(17)16-10-19(20)21-11-18(16)22/h2-11H,12H2,1H3,(H2,20,21). The van der Waals surface area contributed by atoms with Crippen LogP contribution < -0.4 is 10.5 Å². The first kappa shape index (κ1) is 13.6. The summed E-state index contributed by atoms with van der Waals surface area (Å²) < 4.78 is 7.50. The van der Waals surface area contributed by atoms with Gasteiger partial charge in [-0.25, -0.2) is 4.98 Å². The van der Waals surface area contributed by atoms with Crippen LogP contribution in [-0.4, -0.2) is 16.7 Å². The van der Waals surface area contributed by atoms with Crippen LogP contribution in [0.3, 0.4) is 0 Å². The Hall–Kier alpha value is -3.01. The molecule has 4 rings (SSSR count). The number of aromatic nitrogens is 2. The van der Waals surface area contributed by atoms with Crippen molar-refractivity contribution >= 4 is 27.6 Å². The molecule has 2 aromatic heterocycles. The molecule has 4 aromatic rings. The molecular weight excluding hydrogens is 286 g/mol. The number of rotatable bonds is 3. The van der Waals surface area contributed by atoms with Crippen LogP contribution in [0.4, 0.5) is 5.82 Å². The number of anilines is 1. The zero-order chi connectivity index (χ0) is 15.8. The van der Waals surface area contributed by atoms with E-state index in [0.29, 0.717) is 5.82 Å². The lowest BCUT2D eigenvalue weighted by Gasteiger charge is -2.08. The number of ether oxygens (including phenoxy) is 1. The second-order valence-corrected chi connectivity index (χ2v) is 5.58. The van der Waals surface area contributed by atoms with Gasteiger partial charge in [-0.15, -0.1) is 0 Å². The maximum absolute atomic E-state index is 5.87. The zero-order valence-corrected chi connectivity index (χ0v) is 12.9. The first-order valence-corrected chi connectivity index (χ1v) is 7.51. The van der Waals surface area contributed by atoms with E-state index in [-0.39, 0.29) is 0 Å². The normalized spacial score (nSPS) is 11.2. The van der Waals surface area contributed by atoms with Gasteiger partial charge >= 0.3 is 0 Å². The topological polar surface area (TPSA) is 53.1 Å². The Bertz CT molecular complexity index is 987. The van der Waals surface area contributed by atoms with E-state index in [2.05, 4.69) is 45.9 Å². The fourth-order valence-electron chi connectivity index (χ4n) is 3.05. The first-order valence-electron chi connectivity index (χ1n) is 7.51. The van der Waals surface area contributed by atoms with Gasteiger partial charge in [0, 0.05) is 22.8 Å². The van der Waals surface area contributed by atoms with Crippen LogP contribution in [0.15, 0.2) is 60.8 Å². The number of fused-ring (bicyclic) bond motifs is 3. The molecule has 114 valence electrons. The van der Waals surface area contributed by atoms with Gasteiger partial charge in [-0.3, -0.25) is 0 Å². The van der Waals surface area contributed by atoms with Gasteiger partial charge in [0.2, 0.25) is 0 Å². The average molecular weight is 303 g/mol. The molecule has 0 radical (unpaired) electrons. The molecule has 0 aliphatic carbocycles. The van der Waals surface area contributed by atoms with Crippen molar-refractivity contribution in [1.29, 1.82) is 0 Å². The Balaban J connectivity index is 1.89. The fraction of sp³-hybridized carbons (Fsp3) is 0.105. The van der Waals surface area contributed by atoms with Crippen molar-refractivity contribution in [2.45, 2.75) is 6.54 Å². The van der Waals surface area contributed by atoms with Crippen molar-refractivity contribution < 1.29 is 4.74 Å². The average Bonchev–Trinajstić information content (AvgIpc) is 2.89. The van der Waals surface area contributed by atoms with Crippen molar-refractivity contribution in [1.82, 2.24) is 9.55 Å². The van der Waals surface area contributed by atoms with Gasteiger partial charge in [-0.2, -0.15) is 0 Å². The molecule has 0 spiro atoms. The van der Waals surface area contributed by atoms with Crippen LogP contribution >= 0.6 is 0 Å². The summed E-state index contributed by atoms with van der Waals surface area (Å²) in [5.74, 6) is 1.41. The van der Waals surface area contributed by atoms with E-state index >= 15 is 0 Å². The van der Waals surface area contributed by atoms with Gasteiger partial charge in [-0.1, -0.05) is 30.3 Å². The fourth-order valence-corrected chi connectivity index (χ4v) is 3.05. The van der Waals surface area contributed by atoms with Crippen LogP contribution in [0.5, 0.6) is 5.75 Å². The third kappa shape index (κ3) is 2.28. The molecule has 4 heteroatoms. The number of pyridine rings is 1. The molecule has 0 bridgehead atoms. The largest absolute Gasteiger partial charge is 0.497 e. The zero-order valence-electron chi connectivity index (χ0n) is 12.9. The molecule has 4 nitrogen and oxygen atoms in total. The summed E-state index contributed by atoms with van der Waals surface area (Å²) in [5.41, 5.74) is 9.37. The predicted molar refractivity (Wildman–Crippen MR) is 93.7 cm³/mol. The lowest BCUT2D eigenvalue weighted by Crippen LogP contribution is -2.00. The number of para-hydroxylation sites is 1. The summed E-state index contributed by atoms with van der Waals surface area (Å²) in [6.45, 7) is 0.777. The third-order valence-electron chi connectivity index (χ3n) is 4.18. The molecule has 2 N–H and O–H groups in total. The molecule has 0 unspecified atom stereocenters. The molecule has 0 saturated heterocycles. The highest BCUT2D eigenvalue weighted by molar-refractivity contribution is 6.08. The van der Waals surface area contributed by atoms with E-state index in [1.165, 1.54) is 16.5 Å². The molecule has 0 saturated carbocycles. The molecule has 0 aliphatic heterocycles.